The van der Waals surface area contributed by atoms with Crippen molar-refractivity contribution in [2.45, 2.75) is 129 Å². The van der Waals surface area contributed by atoms with Gasteiger partial charge in [-0.15, -0.1) is 0 Å². The van der Waals surface area contributed by atoms with Crippen LogP contribution in [-0.4, -0.2) is 6.61 Å². The number of hydrogen-bond donors (Lipinski definition) is 0. The standard InChI is InChI=1S/C57H69O3P/c1-10-11-12-13-14-15-28-41-58-61(59-52-39-37-48(54(2,3)44-29-20-16-21-30-44)42-50(52)56(6,7)46-33-24-18-25-34-46)60-53-40-38-49(55(4,5)45-31-22-17-23-32-45)43-51(53)57(8,9)47-35-26-19-27-36-47/h16-27,29-40,42-43H,10-15,28,41H2,1-9H3. The molecular weight excluding hydrogens is 764 g/mol. The van der Waals surface area contributed by atoms with Crippen LogP contribution in [0.2, 0.25) is 0 Å². The topological polar surface area (TPSA) is 27.7 Å². The molecule has 0 amide bonds. The molecule has 320 valence electrons. The summed E-state index contributed by atoms with van der Waals surface area (Å²) in [7, 11) is -1.87. The van der Waals surface area contributed by atoms with Gasteiger partial charge in [-0.2, -0.15) is 0 Å². The summed E-state index contributed by atoms with van der Waals surface area (Å²) in [6.07, 6.45) is 8.41. The summed E-state index contributed by atoms with van der Waals surface area (Å²) >= 11 is 0. The largest absolute Gasteiger partial charge is 0.463 e. The Hall–Kier alpha value is -4.69. The van der Waals surface area contributed by atoms with Gasteiger partial charge in [0.15, 0.2) is 0 Å². The summed E-state index contributed by atoms with van der Waals surface area (Å²) in [4.78, 5) is 0. The van der Waals surface area contributed by atoms with Crippen molar-refractivity contribution >= 4 is 8.60 Å². The highest BCUT2D eigenvalue weighted by Gasteiger charge is 2.35. The number of hydrogen-bond acceptors (Lipinski definition) is 3. The van der Waals surface area contributed by atoms with Gasteiger partial charge in [-0.3, -0.25) is 4.52 Å². The third-order valence-corrected chi connectivity index (χ3v) is 14.1. The summed E-state index contributed by atoms with van der Waals surface area (Å²) in [6.45, 7) is 21.2. The van der Waals surface area contributed by atoms with Crippen LogP contribution in [0.15, 0.2) is 158 Å². The maximum atomic E-state index is 7.15. The average Bonchev–Trinajstić information content (AvgIpc) is 3.28. The fourth-order valence-corrected chi connectivity index (χ4v) is 9.53. The number of rotatable bonds is 21. The molecule has 0 saturated heterocycles. The molecule has 0 aromatic heterocycles. The SMILES string of the molecule is CCCCCCCCCOP(Oc1ccc(C(C)(C)c2ccccc2)cc1C(C)(C)c1ccccc1)Oc1ccc(C(C)(C)c2ccccc2)cc1C(C)(C)c1ccccc1. The summed E-state index contributed by atoms with van der Waals surface area (Å²) in [5.74, 6) is 1.55. The maximum absolute atomic E-state index is 7.15. The van der Waals surface area contributed by atoms with Gasteiger partial charge in [0, 0.05) is 32.8 Å². The molecule has 0 atom stereocenters. The van der Waals surface area contributed by atoms with Crippen LogP contribution in [0.4, 0.5) is 0 Å². The molecule has 0 unspecified atom stereocenters. The second-order valence-corrected chi connectivity index (χ2v) is 19.8. The molecule has 61 heavy (non-hydrogen) atoms. The predicted octanol–water partition coefficient (Wildman–Crippen LogP) is 16.4. The van der Waals surface area contributed by atoms with Crippen molar-refractivity contribution in [3.05, 3.63) is 202 Å². The molecule has 0 spiro atoms. The molecule has 6 rings (SSSR count). The lowest BCUT2D eigenvalue weighted by Gasteiger charge is -2.34. The molecule has 0 radical (unpaired) electrons. The summed E-state index contributed by atoms with van der Waals surface area (Å²) in [5.41, 5.74) is 8.37. The molecule has 0 saturated carbocycles. The molecule has 0 heterocycles. The molecule has 0 bridgehead atoms. The van der Waals surface area contributed by atoms with Crippen LogP contribution in [0.5, 0.6) is 11.5 Å². The second-order valence-electron chi connectivity index (χ2n) is 18.7. The van der Waals surface area contributed by atoms with E-state index >= 15 is 0 Å². The van der Waals surface area contributed by atoms with Gasteiger partial charge in [0.2, 0.25) is 0 Å². The van der Waals surface area contributed by atoms with Gasteiger partial charge in [0.25, 0.3) is 0 Å². The third-order valence-electron chi connectivity index (χ3n) is 13.0. The molecule has 6 aromatic carbocycles. The van der Waals surface area contributed by atoms with Crippen LogP contribution in [0.1, 0.15) is 152 Å². The molecular formula is C57H69O3P. The fraction of sp³-hybridized carbons (Fsp3) is 0.368. The van der Waals surface area contributed by atoms with E-state index in [4.69, 9.17) is 13.6 Å². The monoisotopic (exact) mass is 832 g/mol. The van der Waals surface area contributed by atoms with E-state index in [0.29, 0.717) is 6.61 Å². The lowest BCUT2D eigenvalue weighted by molar-refractivity contribution is 0.256. The summed E-state index contributed by atoms with van der Waals surface area (Å²) in [5, 5.41) is 0. The summed E-state index contributed by atoms with van der Waals surface area (Å²) in [6, 6.07) is 56.5. The average molecular weight is 833 g/mol. The first-order valence-corrected chi connectivity index (χ1v) is 23.7. The van der Waals surface area contributed by atoms with E-state index in [-0.39, 0.29) is 21.7 Å². The summed E-state index contributed by atoms with van der Waals surface area (Å²) < 4.78 is 21.1. The Labute approximate surface area is 369 Å². The fourth-order valence-electron chi connectivity index (χ4n) is 8.47. The van der Waals surface area contributed by atoms with Crippen molar-refractivity contribution in [3.63, 3.8) is 0 Å². The van der Waals surface area contributed by atoms with Crippen molar-refractivity contribution < 1.29 is 13.6 Å². The highest BCUT2D eigenvalue weighted by molar-refractivity contribution is 7.42. The minimum absolute atomic E-state index is 0.233. The van der Waals surface area contributed by atoms with Gasteiger partial charge >= 0.3 is 8.60 Å². The number of benzene rings is 6. The Balaban J connectivity index is 1.43. The van der Waals surface area contributed by atoms with Crippen LogP contribution in [0.25, 0.3) is 0 Å². The van der Waals surface area contributed by atoms with Crippen molar-refractivity contribution in [1.29, 1.82) is 0 Å². The molecule has 0 N–H and O–H groups in total. The van der Waals surface area contributed by atoms with Crippen molar-refractivity contribution in [3.8, 4) is 11.5 Å². The van der Waals surface area contributed by atoms with E-state index in [1.807, 2.05) is 0 Å². The van der Waals surface area contributed by atoms with Gasteiger partial charge in [0.1, 0.15) is 11.5 Å². The Morgan fingerprint density at radius 3 is 1.05 bits per heavy atom. The number of unbranched alkanes of at least 4 members (excludes halogenated alkanes) is 6. The van der Waals surface area contributed by atoms with Gasteiger partial charge in [0.05, 0.1) is 6.61 Å². The lowest BCUT2D eigenvalue weighted by atomic mass is 9.73. The lowest BCUT2D eigenvalue weighted by Crippen LogP contribution is -2.24. The molecule has 6 aromatic rings. The maximum Gasteiger partial charge on any atom is 0.463 e. The smallest absolute Gasteiger partial charge is 0.417 e. The minimum Gasteiger partial charge on any atom is -0.417 e. The van der Waals surface area contributed by atoms with Crippen LogP contribution in [0, 0.1) is 0 Å². The molecule has 3 nitrogen and oxygen atoms in total. The predicted molar refractivity (Wildman–Crippen MR) is 259 cm³/mol. The van der Waals surface area contributed by atoms with Gasteiger partial charge in [-0.1, -0.05) is 246 Å². The normalized spacial score (nSPS) is 12.4. The Morgan fingerprint density at radius 1 is 0.361 bits per heavy atom. The molecule has 0 fully saturated rings. The van der Waals surface area contributed by atoms with Crippen molar-refractivity contribution in [2.24, 2.45) is 0 Å². The Kier molecular flexibility index (Phi) is 15.4. The van der Waals surface area contributed by atoms with E-state index in [2.05, 4.69) is 220 Å². The first kappa shape index (κ1) is 45.8. The molecule has 0 aliphatic rings. The van der Waals surface area contributed by atoms with Gasteiger partial charge in [-0.25, -0.2) is 0 Å². The Morgan fingerprint density at radius 2 is 0.689 bits per heavy atom. The zero-order chi connectivity index (χ0) is 43.5. The highest BCUT2D eigenvalue weighted by Crippen LogP contribution is 2.50. The van der Waals surface area contributed by atoms with E-state index in [1.54, 1.807) is 0 Å². The van der Waals surface area contributed by atoms with Gasteiger partial charge < -0.3 is 9.05 Å². The van der Waals surface area contributed by atoms with Crippen LogP contribution >= 0.6 is 8.60 Å². The first-order chi connectivity index (χ1) is 29.3. The van der Waals surface area contributed by atoms with E-state index in [0.717, 1.165) is 35.5 Å². The van der Waals surface area contributed by atoms with Crippen LogP contribution in [0.3, 0.4) is 0 Å². The van der Waals surface area contributed by atoms with E-state index < -0.39 is 8.60 Å². The van der Waals surface area contributed by atoms with Crippen molar-refractivity contribution in [1.82, 2.24) is 0 Å². The first-order valence-electron chi connectivity index (χ1n) is 22.6. The Bertz CT molecular complexity index is 2090. The van der Waals surface area contributed by atoms with E-state index in [1.165, 1.54) is 65.5 Å². The zero-order valence-electron chi connectivity index (χ0n) is 38.3. The molecule has 0 aliphatic carbocycles. The van der Waals surface area contributed by atoms with Crippen LogP contribution in [-0.2, 0) is 26.2 Å². The van der Waals surface area contributed by atoms with Crippen molar-refractivity contribution in [2.75, 3.05) is 6.61 Å². The molecule has 0 aliphatic heterocycles. The van der Waals surface area contributed by atoms with E-state index in [9.17, 15) is 0 Å². The van der Waals surface area contributed by atoms with Crippen LogP contribution < -0.4 is 9.05 Å². The molecule has 4 heteroatoms. The third kappa shape index (κ3) is 11.0. The quantitative estimate of drug-likeness (QED) is 0.0534. The van der Waals surface area contributed by atoms with Gasteiger partial charge in [-0.05, 0) is 51.9 Å². The second kappa shape index (κ2) is 20.5. The highest BCUT2D eigenvalue weighted by atomic mass is 31.2. The minimum atomic E-state index is -1.87. The zero-order valence-corrected chi connectivity index (χ0v) is 39.2.